The van der Waals surface area contributed by atoms with Gasteiger partial charge in [0.05, 0.1) is 25.4 Å². The highest BCUT2D eigenvalue weighted by Gasteiger charge is 2.16. The van der Waals surface area contributed by atoms with E-state index in [2.05, 4.69) is 20.1 Å². The zero-order valence-corrected chi connectivity index (χ0v) is 14.8. The van der Waals surface area contributed by atoms with Crippen LogP contribution in [0.5, 0.6) is 5.75 Å². The van der Waals surface area contributed by atoms with E-state index in [-0.39, 0.29) is 11.8 Å². The van der Waals surface area contributed by atoms with Crippen molar-refractivity contribution in [2.24, 2.45) is 0 Å². The molecular formula is C19H17FN6O. The Morgan fingerprint density at radius 1 is 1.11 bits per heavy atom. The van der Waals surface area contributed by atoms with E-state index in [0.29, 0.717) is 29.3 Å². The maximum atomic E-state index is 13.2. The molecule has 0 bridgehead atoms. The largest absolute Gasteiger partial charge is 0.495 e. The number of aryl methyl sites for hydroxylation is 1. The predicted octanol–water partition coefficient (Wildman–Crippen LogP) is 2.82. The average Bonchev–Trinajstić information content (AvgIpc) is 3.11. The predicted molar refractivity (Wildman–Crippen MR) is 98.9 cm³/mol. The van der Waals surface area contributed by atoms with Crippen molar-refractivity contribution in [3.63, 3.8) is 0 Å². The van der Waals surface area contributed by atoms with Gasteiger partial charge in [-0.05, 0) is 43.3 Å². The van der Waals surface area contributed by atoms with Crippen LogP contribution in [0.1, 0.15) is 17.1 Å². The summed E-state index contributed by atoms with van der Waals surface area (Å²) in [5, 5.41) is 4.45. The molecule has 0 radical (unpaired) electrons. The van der Waals surface area contributed by atoms with E-state index in [1.54, 1.807) is 25.4 Å². The minimum Gasteiger partial charge on any atom is -0.495 e. The zero-order valence-electron chi connectivity index (χ0n) is 14.8. The Bertz CT molecular complexity index is 1110. The first-order chi connectivity index (χ1) is 13.0. The molecule has 2 N–H and O–H groups in total. The topological polar surface area (TPSA) is 91.2 Å². The number of methoxy groups -OCH3 is 1. The lowest BCUT2D eigenvalue weighted by Gasteiger charge is -2.07. The summed E-state index contributed by atoms with van der Waals surface area (Å²) in [6.45, 7) is 1.89. The van der Waals surface area contributed by atoms with Gasteiger partial charge >= 0.3 is 0 Å². The molecule has 0 unspecified atom stereocenters. The van der Waals surface area contributed by atoms with Crippen LogP contribution in [0.15, 0.2) is 42.6 Å². The third kappa shape index (κ3) is 3.17. The van der Waals surface area contributed by atoms with Gasteiger partial charge in [0, 0.05) is 16.8 Å². The van der Waals surface area contributed by atoms with Crippen LogP contribution in [0.4, 0.5) is 10.3 Å². The van der Waals surface area contributed by atoms with Gasteiger partial charge in [0.1, 0.15) is 11.6 Å². The molecule has 0 aliphatic rings. The van der Waals surface area contributed by atoms with Crippen molar-refractivity contribution >= 4 is 11.6 Å². The second-order valence-electron chi connectivity index (χ2n) is 6.08. The van der Waals surface area contributed by atoms with Crippen LogP contribution in [0.2, 0.25) is 0 Å². The van der Waals surface area contributed by atoms with Crippen molar-refractivity contribution in [2.45, 2.75) is 13.3 Å². The Kier molecular flexibility index (Phi) is 4.15. The highest BCUT2D eigenvalue weighted by Crippen LogP contribution is 2.26. The lowest BCUT2D eigenvalue weighted by atomic mass is 10.1. The lowest BCUT2D eigenvalue weighted by molar-refractivity contribution is 0.412. The molecule has 0 atom stereocenters. The van der Waals surface area contributed by atoms with Crippen molar-refractivity contribution in [1.29, 1.82) is 0 Å². The van der Waals surface area contributed by atoms with E-state index in [1.807, 2.05) is 19.1 Å². The number of benzene rings is 1. The summed E-state index contributed by atoms with van der Waals surface area (Å²) < 4.78 is 19.8. The molecule has 0 saturated heterocycles. The molecule has 8 heteroatoms. The molecular weight excluding hydrogens is 347 g/mol. The summed E-state index contributed by atoms with van der Waals surface area (Å²) in [6.07, 6.45) is 2.11. The standard InChI is InChI=1S/C19H17FN6O/c1-11-17(12-3-5-13(20)6-4-12)24-19(21)26-18(11)23-16(25-26)9-14-7-8-15(27-2)10-22-14/h3-8,10H,9H2,1-2H3,(H2,21,24). The van der Waals surface area contributed by atoms with E-state index in [1.165, 1.54) is 16.6 Å². The summed E-state index contributed by atoms with van der Waals surface area (Å²) in [6, 6.07) is 9.82. The number of hydrogen-bond acceptors (Lipinski definition) is 6. The normalized spacial score (nSPS) is 11.1. The molecule has 1 aromatic carbocycles. The molecule has 0 saturated carbocycles. The molecule has 7 nitrogen and oxygen atoms in total. The molecule has 0 amide bonds. The molecule has 136 valence electrons. The van der Waals surface area contributed by atoms with E-state index >= 15 is 0 Å². The third-order valence-electron chi connectivity index (χ3n) is 4.28. The van der Waals surface area contributed by atoms with Gasteiger partial charge in [-0.15, -0.1) is 5.10 Å². The van der Waals surface area contributed by atoms with Crippen molar-refractivity contribution in [1.82, 2.24) is 24.6 Å². The Morgan fingerprint density at radius 2 is 1.89 bits per heavy atom. The molecule has 4 aromatic rings. The van der Waals surface area contributed by atoms with Gasteiger partial charge in [-0.3, -0.25) is 4.98 Å². The van der Waals surface area contributed by atoms with E-state index in [0.717, 1.165) is 16.8 Å². The summed E-state index contributed by atoms with van der Waals surface area (Å²) in [5.41, 5.74) is 9.75. The third-order valence-corrected chi connectivity index (χ3v) is 4.28. The number of hydrogen-bond donors (Lipinski definition) is 1. The number of aromatic nitrogens is 5. The Morgan fingerprint density at radius 3 is 2.56 bits per heavy atom. The highest BCUT2D eigenvalue weighted by atomic mass is 19.1. The second kappa shape index (κ2) is 6.64. The van der Waals surface area contributed by atoms with Crippen LogP contribution >= 0.6 is 0 Å². The number of halogens is 1. The fourth-order valence-corrected chi connectivity index (χ4v) is 2.87. The number of fused-ring (bicyclic) bond motifs is 1. The Hall–Kier alpha value is -3.55. The fraction of sp³-hybridized carbons (Fsp3) is 0.158. The Labute approximate surface area is 154 Å². The highest BCUT2D eigenvalue weighted by molar-refractivity contribution is 5.71. The number of ether oxygens (including phenoxy) is 1. The smallest absolute Gasteiger partial charge is 0.223 e. The van der Waals surface area contributed by atoms with Crippen molar-refractivity contribution in [2.75, 3.05) is 12.8 Å². The van der Waals surface area contributed by atoms with E-state index in [4.69, 9.17) is 10.5 Å². The minimum atomic E-state index is -0.304. The molecule has 3 aromatic heterocycles. The Balaban J connectivity index is 1.74. The second-order valence-corrected chi connectivity index (χ2v) is 6.08. The van der Waals surface area contributed by atoms with Crippen molar-refractivity contribution in [3.8, 4) is 17.0 Å². The van der Waals surface area contributed by atoms with Crippen LogP contribution in [0.3, 0.4) is 0 Å². The number of nitrogen functional groups attached to an aromatic ring is 1. The quantitative estimate of drug-likeness (QED) is 0.599. The molecule has 0 spiro atoms. The molecule has 0 fully saturated rings. The lowest BCUT2D eigenvalue weighted by Crippen LogP contribution is -2.05. The minimum absolute atomic E-state index is 0.219. The van der Waals surface area contributed by atoms with Crippen molar-refractivity contribution in [3.05, 3.63) is 65.5 Å². The van der Waals surface area contributed by atoms with Gasteiger partial charge in [0.15, 0.2) is 11.5 Å². The van der Waals surface area contributed by atoms with Gasteiger partial charge in [0.25, 0.3) is 0 Å². The number of nitrogens with two attached hydrogens (primary N) is 1. The SMILES string of the molecule is COc1ccc(Cc2nc3c(C)c(-c4ccc(F)cc4)nc(N)n3n2)nc1. The van der Waals surface area contributed by atoms with Crippen LogP contribution < -0.4 is 10.5 Å². The maximum absolute atomic E-state index is 13.2. The van der Waals surface area contributed by atoms with Gasteiger partial charge in [-0.1, -0.05) is 0 Å². The number of rotatable bonds is 4. The van der Waals surface area contributed by atoms with Crippen LogP contribution in [0.25, 0.3) is 16.9 Å². The monoisotopic (exact) mass is 364 g/mol. The molecule has 0 aliphatic heterocycles. The summed E-state index contributed by atoms with van der Waals surface area (Å²) in [5.74, 6) is 1.19. The van der Waals surface area contributed by atoms with Gasteiger partial charge in [-0.2, -0.15) is 4.52 Å². The first-order valence-corrected chi connectivity index (χ1v) is 8.31. The van der Waals surface area contributed by atoms with Crippen LogP contribution in [0, 0.1) is 12.7 Å². The number of anilines is 1. The summed E-state index contributed by atoms with van der Waals surface area (Å²) in [4.78, 5) is 13.4. The van der Waals surface area contributed by atoms with Gasteiger partial charge < -0.3 is 10.5 Å². The molecule has 4 rings (SSSR count). The van der Waals surface area contributed by atoms with E-state index in [9.17, 15) is 4.39 Å². The van der Waals surface area contributed by atoms with Gasteiger partial charge in [0.2, 0.25) is 5.95 Å². The fourth-order valence-electron chi connectivity index (χ4n) is 2.87. The average molecular weight is 364 g/mol. The first-order valence-electron chi connectivity index (χ1n) is 8.31. The van der Waals surface area contributed by atoms with Crippen molar-refractivity contribution < 1.29 is 9.13 Å². The van der Waals surface area contributed by atoms with Gasteiger partial charge in [-0.25, -0.2) is 14.4 Å². The van der Waals surface area contributed by atoms with Crippen LogP contribution in [-0.4, -0.2) is 31.7 Å². The van der Waals surface area contributed by atoms with E-state index < -0.39 is 0 Å². The molecule has 0 aliphatic carbocycles. The summed E-state index contributed by atoms with van der Waals surface area (Å²) in [7, 11) is 1.59. The number of nitrogens with zero attached hydrogens (tertiary/aromatic N) is 5. The number of pyridine rings is 1. The van der Waals surface area contributed by atoms with Crippen LogP contribution in [-0.2, 0) is 6.42 Å². The zero-order chi connectivity index (χ0) is 19.0. The maximum Gasteiger partial charge on any atom is 0.223 e. The summed E-state index contributed by atoms with van der Waals surface area (Å²) >= 11 is 0. The molecule has 27 heavy (non-hydrogen) atoms. The molecule has 3 heterocycles. The first kappa shape index (κ1) is 16.9.